The van der Waals surface area contributed by atoms with E-state index in [0.29, 0.717) is 12.3 Å². The van der Waals surface area contributed by atoms with Crippen LogP contribution in [0.25, 0.3) is 0 Å². The Morgan fingerprint density at radius 2 is 2.27 bits per heavy atom. The summed E-state index contributed by atoms with van der Waals surface area (Å²) in [4.78, 5) is 19.3. The fourth-order valence-electron chi connectivity index (χ4n) is 1.84. The van der Waals surface area contributed by atoms with Gasteiger partial charge in [-0.2, -0.15) is 0 Å². The van der Waals surface area contributed by atoms with Crippen molar-refractivity contribution in [3.05, 3.63) is 15.6 Å². The first-order chi connectivity index (χ1) is 7.15. The Kier molecular flexibility index (Phi) is 3.17. The van der Waals surface area contributed by atoms with E-state index in [1.165, 1.54) is 4.88 Å². The average Bonchev–Trinajstić information content (AvgIpc) is 2.45. The quantitative estimate of drug-likeness (QED) is 0.769. The number of hydrogen-bond donors (Lipinski definition) is 0. The molecule has 82 valence electrons. The molecule has 0 N–H and O–H groups in total. The highest BCUT2D eigenvalue weighted by atomic mass is 32.1. The maximum absolute atomic E-state index is 11.3. The summed E-state index contributed by atoms with van der Waals surface area (Å²) in [5, 5.41) is 1.14. The lowest BCUT2D eigenvalue weighted by Crippen LogP contribution is -2.34. The van der Waals surface area contributed by atoms with Gasteiger partial charge in [0, 0.05) is 11.3 Å². The van der Waals surface area contributed by atoms with E-state index in [4.69, 9.17) is 0 Å². The molecular weight excluding hydrogens is 208 g/mol. The number of likely N-dealkylation sites (tertiary alicyclic amines) is 1. The van der Waals surface area contributed by atoms with Crippen molar-refractivity contribution in [3.63, 3.8) is 0 Å². The van der Waals surface area contributed by atoms with Gasteiger partial charge in [-0.25, -0.2) is 4.98 Å². The number of aromatic nitrogens is 1. The highest BCUT2D eigenvalue weighted by Crippen LogP contribution is 2.19. The van der Waals surface area contributed by atoms with Crippen molar-refractivity contribution in [1.82, 2.24) is 9.88 Å². The molecule has 4 heteroatoms. The van der Waals surface area contributed by atoms with Gasteiger partial charge in [0.15, 0.2) is 0 Å². The standard InChI is InChI=1S/C11H16N2OS/c1-8-9(2)15-11(12-8)7-13-5-3-4-10(14)6-13/h3-7H2,1-2H3. The predicted molar refractivity (Wildman–Crippen MR) is 61.1 cm³/mol. The van der Waals surface area contributed by atoms with Crippen LogP contribution in [-0.2, 0) is 11.3 Å². The Hall–Kier alpha value is -0.740. The lowest BCUT2D eigenvalue weighted by Gasteiger charge is -2.24. The molecule has 15 heavy (non-hydrogen) atoms. The summed E-state index contributed by atoms with van der Waals surface area (Å²) in [6.45, 7) is 6.61. The lowest BCUT2D eigenvalue weighted by molar-refractivity contribution is -0.122. The number of Topliss-reactive ketones (excluding diaryl/α,β-unsaturated/α-hetero) is 1. The largest absolute Gasteiger partial charge is 0.298 e. The first-order valence-corrected chi connectivity index (χ1v) is 6.14. The van der Waals surface area contributed by atoms with Crippen LogP contribution >= 0.6 is 11.3 Å². The first-order valence-electron chi connectivity index (χ1n) is 5.32. The average molecular weight is 224 g/mol. The van der Waals surface area contributed by atoms with Gasteiger partial charge in [-0.15, -0.1) is 11.3 Å². The predicted octanol–water partition coefficient (Wildman–Crippen LogP) is 1.92. The lowest BCUT2D eigenvalue weighted by atomic mass is 10.1. The van der Waals surface area contributed by atoms with Gasteiger partial charge < -0.3 is 0 Å². The Balaban J connectivity index is 1.99. The number of thiazole rings is 1. The number of rotatable bonds is 2. The van der Waals surface area contributed by atoms with E-state index in [1.807, 2.05) is 6.92 Å². The second kappa shape index (κ2) is 4.41. The number of ketones is 1. The van der Waals surface area contributed by atoms with E-state index in [-0.39, 0.29) is 0 Å². The number of piperidine rings is 1. The van der Waals surface area contributed by atoms with E-state index in [1.54, 1.807) is 11.3 Å². The topological polar surface area (TPSA) is 33.2 Å². The molecule has 0 aromatic carbocycles. The molecule has 0 bridgehead atoms. The molecule has 1 saturated heterocycles. The highest BCUT2D eigenvalue weighted by molar-refractivity contribution is 7.11. The van der Waals surface area contributed by atoms with Crippen molar-refractivity contribution < 1.29 is 4.79 Å². The van der Waals surface area contributed by atoms with Gasteiger partial charge in [0.25, 0.3) is 0 Å². The molecule has 2 rings (SSSR count). The maximum Gasteiger partial charge on any atom is 0.146 e. The van der Waals surface area contributed by atoms with Gasteiger partial charge >= 0.3 is 0 Å². The third-order valence-corrected chi connectivity index (χ3v) is 3.82. The second-order valence-electron chi connectivity index (χ2n) is 4.10. The molecule has 0 spiro atoms. The minimum absolute atomic E-state index is 0.367. The fraction of sp³-hybridized carbons (Fsp3) is 0.636. The fourth-order valence-corrected chi connectivity index (χ4v) is 2.82. The van der Waals surface area contributed by atoms with Gasteiger partial charge in [0.05, 0.1) is 18.8 Å². The minimum atomic E-state index is 0.367. The molecule has 1 aliphatic heterocycles. The molecule has 2 heterocycles. The van der Waals surface area contributed by atoms with Crippen LogP contribution in [-0.4, -0.2) is 28.8 Å². The summed E-state index contributed by atoms with van der Waals surface area (Å²) in [6.07, 6.45) is 1.76. The zero-order chi connectivity index (χ0) is 10.8. The van der Waals surface area contributed by atoms with E-state index in [9.17, 15) is 4.79 Å². The van der Waals surface area contributed by atoms with Gasteiger partial charge in [0.1, 0.15) is 10.8 Å². The number of hydrogen-bond acceptors (Lipinski definition) is 4. The summed E-state index contributed by atoms with van der Waals surface area (Å²) >= 11 is 1.75. The van der Waals surface area contributed by atoms with Gasteiger partial charge in [-0.05, 0) is 26.8 Å². The van der Waals surface area contributed by atoms with Crippen LogP contribution in [0.3, 0.4) is 0 Å². The Morgan fingerprint density at radius 3 is 2.87 bits per heavy atom. The Bertz CT molecular complexity index is 353. The third-order valence-electron chi connectivity index (χ3n) is 2.76. The summed E-state index contributed by atoms with van der Waals surface area (Å²) in [5.74, 6) is 0.367. The van der Waals surface area contributed by atoms with Crippen LogP contribution in [0.2, 0.25) is 0 Å². The molecule has 3 nitrogen and oxygen atoms in total. The van der Waals surface area contributed by atoms with Crippen LogP contribution < -0.4 is 0 Å². The first kappa shape index (κ1) is 10.8. The van der Waals surface area contributed by atoms with Crippen LogP contribution in [0.15, 0.2) is 0 Å². The van der Waals surface area contributed by atoms with E-state index < -0.39 is 0 Å². The van der Waals surface area contributed by atoms with Crippen molar-refractivity contribution in [2.45, 2.75) is 33.2 Å². The Morgan fingerprint density at radius 1 is 1.47 bits per heavy atom. The van der Waals surface area contributed by atoms with Gasteiger partial charge in [0.2, 0.25) is 0 Å². The summed E-state index contributed by atoms with van der Waals surface area (Å²) in [7, 11) is 0. The maximum atomic E-state index is 11.3. The van der Waals surface area contributed by atoms with Crippen LogP contribution in [0.1, 0.15) is 28.4 Å². The highest BCUT2D eigenvalue weighted by Gasteiger charge is 2.18. The van der Waals surface area contributed by atoms with Gasteiger partial charge in [-0.1, -0.05) is 0 Å². The van der Waals surface area contributed by atoms with Crippen LogP contribution in [0, 0.1) is 13.8 Å². The third kappa shape index (κ3) is 2.63. The van der Waals surface area contributed by atoms with Crippen molar-refractivity contribution in [2.24, 2.45) is 0 Å². The molecule has 0 radical (unpaired) electrons. The zero-order valence-corrected chi connectivity index (χ0v) is 10.1. The van der Waals surface area contributed by atoms with Crippen molar-refractivity contribution in [2.75, 3.05) is 13.1 Å². The van der Waals surface area contributed by atoms with E-state index in [2.05, 4.69) is 16.8 Å². The van der Waals surface area contributed by atoms with Crippen molar-refractivity contribution in [1.29, 1.82) is 0 Å². The SMILES string of the molecule is Cc1nc(CN2CCCC(=O)C2)sc1C. The smallest absolute Gasteiger partial charge is 0.146 e. The minimum Gasteiger partial charge on any atom is -0.298 e. The number of nitrogens with zero attached hydrogens (tertiary/aromatic N) is 2. The molecule has 0 unspecified atom stereocenters. The molecule has 1 aromatic rings. The van der Waals surface area contributed by atoms with Crippen molar-refractivity contribution >= 4 is 17.1 Å². The molecule has 0 saturated carbocycles. The zero-order valence-electron chi connectivity index (χ0n) is 9.25. The summed E-state index contributed by atoms with van der Waals surface area (Å²) in [5.41, 5.74) is 1.12. The normalized spacial score (nSPS) is 18.4. The monoisotopic (exact) mass is 224 g/mol. The Labute approximate surface area is 94.1 Å². The summed E-state index contributed by atoms with van der Waals surface area (Å²) in [6, 6.07) is 0. The number of aryl methyl sites for hydroxylation is 2. The molecule has 1 aromatic heterocycles. The number of carbonyl (C=O) groups excluding carboxylic acids is 1. The molecule has 0 atom stereocenters. The molecule has 0 amide bonds. The molecule has 1 aliphatic rings. The second-order valence-corrected chi connectivity index (χ2v) is 5.39. The molecule has 1 fully saturated rings. The van der Waals surface area contributed by atoms with Crippen molar-refractivity contribution in [3.8, 4) is 0 Å². The van der Waals surface area contributed by atoms with E-state index in [0.717, 1.165) is 36.6 Å². The number of carbonyl (C=O) groups is 1. The van der Waals surface area contributed by atoms with Crippen LogP contribution in [0.5, 0.6) is 0 Å². The summed E-state index contributed by atoms with van der Waals surface area (Å²) < 4.78 is 0. The molecular formula is C11H16N2OS. The van der Waals surface area contributed by atoms with Crippen LogP contribution in [0.4, 0.5) is 0 Å². The molecule has 0 aliphatic carbocycles. The van der Waals surface area contributed by atoms with E-state index >= 15 is 0 Å². The van der Waals surface area contributed by atoms with Gasteiger partial charge in [-0.3, -0.25) is 9.69 Å².